The van der Waals surface area contributed by atoms with E-state index in [1.165, 1.54) is 0 Å². The Bertz CT molecular complexity index is 1190. The first-order chi connectivity index (χ1) is 14.3. The van der Waals surface area contributed by atoms with Crippen molar-refractivity contribution in [1.82, 2.24) is 20.5 Å². The molecule has 4 rings (SSSR count). The molecule has 4 aromatic rings. The van der Waals surface area contributed by atoms with Crippen LogP contribution in [0.4, 0.5) is 0 Å². The summed E-state index contributed by atoms with van der Waals surface area (Å²) in [5, 5.41) is 10.7. The minimum atomic E-state index is -0.254. The number of aromatic nitrogens is 3. The van der Waals surface area contributed by atoms with Crippen LogP contribution in [0.3, 0.4) is 0 Å². The molecule has 0 aliphatic carbocycles. The highest BCUT2D eigenvalue weighted by Crippen LogP contribution is 2.18. The molecule has 0 fully saturated rings. The molecule has 2 N–H and O–H groups in total. The molecule has 0 bridgehead atoms. The van der Waals surface area contributed by atoms with Crippen molar-refractivity contribution in [2.45, 2.75) is 0 Å². The first kappa shape index (κ1) is 18.3. The normalized spacial score (nSPS) is 10.2. The minimum absolute atomic E-state index is 0.223. The summed E-state index contributed by atoms with van der Waals surface area (Å²) in [6.45, 7) is 0.456. The maximum absolute atomic E-state index is 12.2. The second kappa shape index (κ2) is 8.72. The fourth-order valence-electron chi connectivity index (χ4n) is 2.78. The Morgan fingerprint density at radius 3 is 2.83 bits per heavy atom. The number of nitrogens with zero attached hydrogens (tertiary/aromatic N) is 2. The van der Waals surface area contributed by atoms with Gasteiger partial charge in [0.05, 0.1) is 17.8 Å². The van der Waals surface area contributed by atoms with Crippen molar-refractivity contribution in [2.75, 3.05) is 13.2 Å². The van der Waals surface area contributed by atoms with Crippen LogP contribution in [-0.2, 0) is 0 Å². The zero-order chi connectivity index (χ0) is 19.9. The number of benzene rings is 2. The molecule has 0 atom stereocenters. The Labute approximate surface area is 167 Å². The van der Waals surface area contributed by atoms with E-state index in [0.717, 1.165) is 22.2 Å². The lowest BCUT2D eigenvalue weighted by Gasteiger charge is -2.03. The lowest BCUT2D eigenvalue weighted by atomic mass is 10.1. The summed E-state index contributed by atoms with van der Waals surface area (Å²) < 4.78 is 5.62. The fraction of sp³-hybridized carbons (Fsp3) is 0.0870. The van der Waals surface area contributed by atoms with Crippen molar-refractivity contribution >= 4 is 16.8 Å². The first-order valence-corrected chi connectivity index (χ1v) is 9.12. The summed E-state index contributed by atoms with van der Waals surface area (Å²) >= 11 is 0. The number of aromatic amines is 1. The van der Waals surface area contributed by atoms with Crippen LogP contribution in [0, 0.1) is 11.8 Å². The van der Waals surface area contributed by atoms with Crippen LogP contribution in [0.1, 0.15) is 10.5 Å². The number of rotatable bonds is 5. The van der Waals surface area contributed by atoms with Gasteiger partial charge >= 0.3 is 0 Å². The Morgan fingerprint density at radius 1 is 1.03 bits per heavy atom. The second-order valence-electron chi connectivity index (χ2n) is 6.22. The first-order valence-electron chi connectivity index (χ1n) is 9.12. The number of hydrogen-bond acceptors (Lipinski definition) is 4. The molecule has 29 heavy (non-hydrogen) atoms. The third kappa shape index (κ3) is 4.60. The lowest BCUT2D eigenvalue weighted by Crippen LogP contribution is -2.24. The van der Waals surface area contributed by atoms with E-state index in [-0.39, 0.29) is 19.1 Å². The van der Waals surface area contributed by atoms with E-state index in [4.69, 9.17) is 4.74 Å². The van der Waals surface area contributed by atoms with Crippen molar-refractivity contribution in [3.63, 3.8) is 0 Å². The Balaban J connectivity index is 1.25. The van der Waals surface area contributed by atoms with Gasteiger partial charge in [-0.15, -0.1) is 0 Å². The molecule has 2 aromatic carbocycles. The molecule has 142 valence electrons. The molecule has 6 nitrogen and oxygen atoms in total. The third-order valence-corrected chi connectivity index (χ3v) is 4.24. The maximum Gasteiger partial charge on any atom is 0.270 e. The van der Waals surface area contributed by atoms with Gasteiger partial charge in [0.25, 0.3) is 5.91 Å². The number of pyridine rings is 1. The SMILES string of the molecule is O=C(NCC#CCOc1ccc2cccnc2c1)c1cc(-c2ccccc2)n[nH]1. The van der Waals surface area contributed by atoms with Crippen LogP contribution in [0.5, 0.6) is 5.75 Å². The van der Waals surface area contributed by atoms with Gasteiger partial charge in [-0.1, -0.05) is 48.2 Å². The predicted octanol–water partition coefficient (Wildman–Crippen LogP) is 3.44. The number of fused-ring (bicyclic) bond motifs is 1. The topological polar surface area (TPSA) is 79.9 Å². The van der Waals surface area contributed by atoms with Crippen molar-refractivity contribution < 1.29 is 9.53 Å². The van der Waals surface area contributed by atoms with E-state index >= 15 is 0 Å². The number of hydrogen-bond donors (Lipinski definition) is 2. The van der Waals surface area contributed by atoms with Gasteiger partial charge in [0.15, 0.2) is 0 Å². The maximum atomic E-state index is 12.2. The Kier molecular flexibility index (Phi) is 5.49. The highest BCUT2D eigenvalue weighted by Gasteiger charge is 2.09. The number of carbonyl (C=O) groups is 1. The highest BCUT2D eigenvalue weighted by molar-refractivity contribution is 5.93. The number of carbonyl (C=O) groups excluding carboxylic acids is 1. The average molecular weight is 382 g/mol. The zero-order valence-electron chi connectivity index (χ0n) is 15.6. The second-order valence-corrected chi connectivity index (χ2v) is 6.22. The average Bonchev–Trinajstić information content (AvgIpc) is 3.27. The van der Waals surface area contributed by atoms with Gasteiger partial charge in [0, 0.05) is 23.2 Å². The van der Waals surface area contributed by atoms with E-state index in [1.54, 1.807) is 12.3 Å². The summed E-state index contributed by atoms with van der Waals surface area (Å²) in [6, 6.07) is 21.0. The predicted molar refractivity (Wildman–Crippen MR) is 111 cm³/mol. The van der Waals surface area contributed by atoms with E-state index < -0.39 is 0 Å². The van der Waals surface area contributed by atoms with Gasteiger partial charge in [-0.05, 0) is 24.3 Å². The van der Waals surface area contributed by atoms with Gasteiger partial charge in [-0.3, -0.25) is 14.9 Å². The smallest absolute Gasteiger partial charge is 0.270 e. The molecule has 0 unspecified atom stereocenters. The van der Waals surface area contributed by atoms with Gasteiger partial charge in [0.1, 0.15) is 18.1 Å². The molecule has 0 saturated heterocycles. The van der Waals surface area contributed by atoms with Crippen molar-refractivity contribution in [2.24, 2.45) is 0 Å². The summed E-state index contributed by atoms with van der Waals surface area (Å²) in [5.41, 5.74) is 2.94. The van der Waals surface area contributed by atoms with Crippen LogP contribution < -0.4 is 10.1 Å². The number of H-pyrrole nitrogens is 1. The van der Waals surface area contributed by atoms with Crippen LogP contribution in [0.15, 0.2) is 72.9 Å². The molecule has 0 aliphatic rings. The van der Waals surface area contributed by atoms with Crippen molar-refractivity contribution in [1.29, 1.82) is 0 Å². The lowest BCUT2D eigenvalue weighted by molar-refractivity contribution is 0.0953. The van der Waals surface area contributed by atoms with E-state index in [0.29, 0.717) is 11.4 Å². The zero-order valence-corrected chi connectivity index (χ0v) is 15.6. The number of amides is 1. The minimum Gasteiger partial charge on any atom is -0.481 e. The highest BCUT2D eigenvalue weighted by atomic mass is 16.5. The molecule has 0 radical (unpaired) electrons. The molecule has 2 aromatic heterocycles. The number of ether oxygens (including phenoxy) is 1. The third-order valence-electron chi connectivity index (χ3n) is 4.24. The van der Waals surface area contributed by atoms with Gasteiger partial charge in [-0.25, -0.2) is 0 Å². The van der Waals surface area contributed by atoms with E-state index in [1.807, 2.05) is 60.7 Å². The molecule has 0 spiro atoms. The van der Waals surface area contributed by atoms with Gasteiger partial charge < -0.3 is 10.1 Å². The van der Waals surface area contributed by atoms with Crippen LogP contribution in [0.2, 0.25) is 0 Å². The van der Waals surface area contributed by atoms with Gasteiger partial charge in [0.2, 0.25) is 0 Å². The largest absolute Gasteiger partial charge is 0.481 e. The van der Waals surface area contributed by atoms with Crippen LogP contribution in [0.25, 0.3) is 22.2 Å². The molecule has 6 heteroatoms. The van der Waals surface area contributed by atoms with E-state index in [2.05, 4.69) is 32.3 Å². The summed E-state index contributed by atoms with van der Waals surface area (Å²) in [6.07, 6.45) is 1.75. The Hall–Kier alpha value is -4.11. The summed E-state index contributed by atoms with van der Waals surface area (Å²) in [5.74, 6) is 6.22. The standard InChI is InChI=1S/C23H18N4O2/c28-23(22-16-21(26-27-22)17-7-2-1-3-8-17)25-12-4-5-14-29-19-11-10-18-9-6-13-24-20(18)15-19/h1-3,6-11,13,15-16H,12,14H2,(H,25,28)(H,26,27). The van der Waals surface area contributed by atoms with Crippen LogP contribution in [-0.4, -0.2) is 34.2 Å². The Morgan fingerprint density at radius 2 is 1.93 bits per heavy atom. The van der Waals surface area contributed by atoms with Crippen molar-refractivity contribution in [3.8, 4) is 28.8 Å². The van der Waals surface area contributed by atoms with Crippen LogP contribution >= 0.6 is 0 Å². The molecular formula is C23H18N4O2. The summed E-state index contributed by atoms with van der Waals surface area (Å²) in [7, 11) is 0. The molecule has 0 aliphatic heterocycles. The molecule has 1 amide bonds. The fourth-order valence-corrected chi connectivity index (χ4v) is 2.78. The molecule has 2 heterocycles. The van der Waals surface area contributed by atoms with E-state index in [9.17, 15) is 4.79 Å². The van der Waals surface area contributed by atoms with Crippen molar-refractivity contribution in [3.05, 3.63) is 78.6 Å². The summed E-state index contributed by atoms with van der Waals surface area (Å²) in [4.78, 5) is 16.5. The molecule has 0 saturated carbocycles. The molecular weight excluding hydrogens is 364 g/mol. The monoisotopic (exact) mass is 382 g/mol. The van der Waals surface area contributed by atoms with Gasteiger partial charge in [-0.2, -0.15) is 5.10 Å². The number of nitrogens with one attached hydrogen (secondary N) is 2. The quantitative estimate of drug-likeness (QED) is 0.518.